The lowest BCUT2D eigenvalue weighted by Crippen LogP contribution is -2.26. The summed E-state index contributed by atoms with van der Waals surface area (Å²) in [4.78, 5) is 0. The molecular weight excluding hydrogens is 336 g/mol. The van der Waals surface area contributed by atoms with Gasteiger partial charge in [0.2, 0.25) is 0 Å². The Bertz CT molecular complexity index is 412. The Kier molecular flexibility index (Phi) is 5.46. The van der Waals surface area contributed by atoms with Crippen LogP contribution in [0.4, 0.5) is 10.1 Å². The summed E-state index contributed by atoms with van der Waals surface area (Å²) in [6, 6.07) is 4.61. The Hall–Kier alpha value is -1.05. The number of oxime groups is 1. The highest BCUT2D eigenvalue weighted by Gasteiger charge is 2.10. The van der Waals surface area contributed by atoms with Gasteiger partial charge in [-0.05, 0) is 47.2 Å². The molecule has 1 rings (SSSR count). The molecule has 0 aliphatic rings. The molecule has 0 spiro atoms. The van der Waals surface area contributed by atoms with Gasteiger partial charge in [0.15, 0.2) is 0 Å². The van der Waals surface area contributed by atoms with Gasteiger partial charge in [-0.25, -0.2) is 4.39 Å². The largest absolute Gasteiger partial charge is 0.409 e. The lowest BCUT2D eigenvalue weighted by atomic mass is 10.1. The van der Waals surface area contributed by atoms with Crippen molar-refractivity contribution in [1.82, 2.24) is 0 Å². The van der Waals surface area contributed by atoms with Crippen molar-refractivity contribution < 1.29 is 9.60 Å². The summed E-state index contributed by atoms with van der Waals surface area (Å²) in [6.45, 7) is 2.00. The van der Waals surface area contributed by atoms with Gasteiger partial charge in [-0.3, -0.25) is 0 Å². The summed E-state index contributed by atoms with van der Waals surface area (Å²) in [5.41, 5.74) is 6.31. The van der Waals surface area contributed by atoms with Crippen molar-refractivity contribution in [2.45, 2.75) is 25.8 Å². The Morgan fingerprint density at radius 1 is 1.65 bits per heavy atom. The van der Waals surface area contributed by atoms with Crippen molar-refractivity contribution >= 4 is 34.1 Å². The highest BCUT2D eigenvalue weighted by atomic mass is 127. The first-order chi connectivity index (χ1) is 8.06. The summed E-state index contributed by atoms with van der Waals surface area (Å²) in [6.07, 6.45) is 1.27. The summed E-state index contributed by atoms with van der Waals surface area (Å²) >= 11 is 2.07. The van der Waals surface area contributed by atoms with Crippen LogP contribution in [-0.2, 0) is 0 Å². The highest BCUT2D eigenvalue weighted by molar-refractivity contribution is 14.1. The molecule has 0 heterocycles. The van der Waals surface area contributed by atoms with Crippen LogP contribution in [-0.4, -0.2) is 17.1 Å². The molecule has 0 aliphatic heterocycles. The summed E-state index contributed by atoms with van der Waals surface area (Å²) < 4.78 is 13.7. The fraction of sp³-hybridized carbons (Fsp3) is 0.364. The Morgan fingerprint density at radius 2 is 2.35 bits per heavy atom. The van der Waals surface area contributed by atoms with Crippen molar-refractivity contribution in [1.29, 1.82) is 0 Å². The van der Waals surface area contributed by atoms with E-state index in [2.05, 4.69) is 33.1 Å². The third-order valence-corrected chi connectivity index (χ3v) is 3.26. The van der Waals surface area contributed by atoms with Crippen LogP contribution in [0.1, 0.15) is 19.8 Å². The van der Waals surface area contributed by atoms with E-state index in [1.54, 1.807) is 6.07 Å². The third-order valence-electron chi connectivity index (χ3n) is 2.37. The Morgan fingerprint density at radius 3 is 2.88 bits per heavy atom. The van der Waals surface area contributed by atoms with Gasteiger partial charge in [0.05, 0.1) is 0 Å². The lowest BCUT2D eigenvalue weighted by Gasteiger charge is -2.18. The second-order valence-electron chi connectivity index (χ2n) is 3.67. The maximum absolute atomic E-state index is 12.9. The molecule has 0 bridgehead atoms. The third kappa shape index (κ3) is 4.37. The summed E-state index contributed by atoms with van der Waals surface area (Å²) in [7, 11) is 0. The molecule has 1 aromatic carbocycles. The van der Waals surface area contributed by atoms with Gasteiger partial charge in [0.25, 0.3) is 0 Å². The molecule has 0 saturated heterocycles. The van der Waals surface area contributed by atoms with Crippen molar-refractivity contribution in [3.05, 3.63) is 27.6 Å². The predicted octanol–water partition coefficient (Wildman–Crippen LogP) is 2.76. The van der Waals surface area contributed by atoms with Gasteiger partial charge in [0.1, 0.15) is 11.7 Å². The molecule has 4 nitrogen and oxygen atoms in total. The molecule has 0 aliphatic carbocycles. The van der Waals surface area contributed by atoms with Crippen molar-refractivity contribution in [3.8, 4) is 0 Å². The van der Waals surface area contributed by atoms with Gasteiger partial charge >= 0.3 is 0 Å². The quantitative estimate of drug-likeness (QED) is 0.251. The molecule has 4 N–H and O–H groups in total. The zero-order valence-corrected chi connectivity index (χ0v) is 11.6. The molecule has 6 heteroatoms. The number of halogens is 2. The average Bonchev–Trinajstić information content (AvgIpc) is 2.31. The first kappa shape index (κ1) is 14.0. The molecule has 0 aromatic heterocycles. The second-order valence-corrected chi connectivity index (χ2v) is 4.83. The van der Waals surface area contributed by atoms with E-state index in [1.807, 2.05) is 6.92 Å². The summed E-state index contributed by atoms with van der Waals surface area (Å²) in [5.74, 6) is -0.0779. The van der Waals surface area contributed by atoms with E-state index in [0.717, 1.165) is 15.7 Å². The average molecular weight is 351 g/mol. The number of rotatable bonds is 5. The van der Waals surface area contributed by atoms with Crippen LogP contribution in [0, 0.1) is 9.39 Å². The highest BCUT2D eigenvalue weighted by Crippen LogP contribution is 2.21. The topological polar surface area (TPSA) is 70.6 Å². The van der Waals surface area contributed by atoms with E-state index in [0.29, 0.717) is 6.42 Å². The number of nitrogens with zero attached hydrogens (tertiary/aromatic N) is 1. The van der Waals surface area contributed by atoms with Crippen molar-refractivity contribution in [3.63, 3.8) is 0 Å². The predicted molar refractivity (Wildman–Crippen MR) is 74.8 cm³/mol. The molecule has 17 heavy (non-hydrogen) atoms. The molecule has 1 atom stereocenters. The van der Waals surface area contributed by atoms with Crippen LogP contribution < -0.4 is 11.1 Å². The number of benzene rings is 1. The fourth-order valence-electron chi connectivity index (χ4n) is 1.42. The fourth-order valence-corrected chi connectivity index (χ4v) is 2.05. The Balaban J connectivity index is 2.73. The maximum atomic E-state index is 12.9. The number of nitrogens with two attached hydrogens (primary N) is 1. The monoisotopic (exact) mass is 351 g/mol. The van der Waals surface area contributed by atoms with Gasteiger partial charge in [0, 0.05) is 21.7 Å². The minimum Gasteiger partial charge on any atom is -0.409 e. The summed E-state index contributed by atoms with van der Waals surface area (Å²) in [5, 5.41) is 14.7. The molecule has 1 aromatic rings. The molecule has 1 unspecified atom stereocenters. The minimum absolute atomic E-state index is 0.0601. The number of amidine groups is 1. The van der Waals surface area contributed by atoms with Gasteiger partial charge in [-0.2, -0.15) is 0 Å². The number of hydrogen-bond acceptors (Lipinski definition) is 3. The number of anilines is 1. The molecule has 0 fully saturated rings. The maximum Gasteiger partial charge on any atom is 0.141 e. The lowest BCUT2D eigenvalue weighted by molar-refractivity contribution is 0.316. The van der Waals surface area contributed by atoms with E-state index in [9.17, 15) is 4.39 Å². The zero-order valence-electron chi connectivity index (χ0n) is 9.45. The first-order valence-electron chi connectivity index (χ1n) is 5.24. The van der Waals surface area contributed by atoms with Gasteiger partial charge < -0.3 is 16.3 Å². The number of nitrogens with one attached hydrogen (secondary N) is 1. The van der Waals surface area contributed by atoms with E-state index in [1.165, 1.54) is 12.1 Å². The van der Waals surface area contributed by atoms with Crippen LogP contribution in [0.25, 0.3) is 0 Å². The molecule has 0 amide bonds. The van der Waals surface area contributed by atoms with E-state index in [-0.39, 0.29) is 17.7 Å². The standard InChI is InChI=1S/C11H15FIN3O/c1-2-8(6-11(14)16-17)15-10-4-3-7(12)5-9(10)13/h3-5,8,15,17H,2,6H2,1H3,(H2,14,16). The van der Waals surface area contributed by atoms with E-state index < -0.39 is 0 Å². The van der Waals surface area contributed by atoms with Crippen LogP contribution >= 0.6 is 22.6 Å². The van der Waals surface area contributed by atoms with E-state index >= 15 is 0 Å². The zero-order chi connectivity index (χ0) is 12.8. The first-order valence-corrected chi connectivity index (χ1v) is 6.32. The van der Waals surface area contributed by atoms with Crippen LogP contribution in [0.15, 0.2) is 23.4 Å². The van der Waals surface area contributed by atoms with Gasteiger partial charge in [-0.15, -0.1) is 0 Å². The Labute approximate surface area is 113 Å². The van der Waals surface area contributed by atoms with Crippen LogP contribution in [0.5, 0.6) is 0 Å². The number of hydrogen-bond donors (Lipinski definition) is 3. The molecule has 94 valence electrons. The van der Waals surface area contributed by atoms with Crippen LogP contribution in [0.2, 0.25) is 0 Å². The van der Waals surface area contributed by atoms with Crippen molar-refractivity contribution in [2.75, 3.05) is 5.32 Å². The smallest absolute Gasteiger partial charge is 0.141 e. The normalized spacial score (nSPS) is 13.5. The molecule has 0 radical (unpaired) electrons. The minimum atomic E-state index is -0.260. The van der Waals surface area contributed by atoms with E-state index in [4.69, 9.17) is 10.9 Å². The van der Waals surface area contributed by atoms with Crippen molar-refractivity contribution in [2.24, 2.45) is 10.9 Å². The SMILES string of the molecule is CCC(CC(N)=NO)Nc1ccc(F)cc1I. The molecule has 0 saturated carbocycles. The second kappa shape index (κ2) is 6.63. The van der Waals surface area contributed by atoms with Crippen LogP contribution in [0.3, 0.4) is 0 Å². The molecular formula is C11H15FIN3O. The van der Waals surface area contributed by atoms with Gasteiger partial charge in [-0.1, -0.05) is 12.1 Å².